The first kappa shape index (κ1) is 20.7. The summed E-state index contributed by atoms with van der Waals surface area (Å²) in [4.78, 5) is 4.23. The van der Waals surface area contributed by atoms with E-state index in [0.717, 1.165) is 60.6 Å². The minimum atomic E-state index is 0.801. The molecule has 39 heavy (non-hydrogen) atoms. The zero-order valence-electron chi connectivity index (χ0n) is 20.8. The Morgan fingerprint density at radius 1 is 0.487 bits per heavy atom. The molecule has 9 aromatic rings. The van der Waals surface area contributed by atoms with Crippen molar-refractivity contribution in [2.75, 3.05) is 0 Å². The molecule has 0 saturated heterocycles. The van der Waals surface area contributed by atoms with E-state index in [-0.39, 0.29) is 0 Å². The Bertz CT molecular complexity index is 2400. The number of pyridine rings is 1. The number of nitrogens with zero attached hydrogens (tertiary/aromatic N) is 2. The maximum absolute atomic E-state index is 6.24. The van der Waals surface area contributed by atoms with E-state index in [4.69, 9.17) is 8.83 Å². The molecule has 0 aliphatic carbocycles. The fourth-order valence-corrected chi connectivity index (χ4v) is 6.28. The van der Waals surface area contributed by atoms with Crippen molar-refractivity contribution in [2.45, 2.75) is 0 Å². The van der Waals surface area contributed by atoms with Gasteiger partial charge in [0.05, 0.1) is 17.2 Å². The fourth-order valence-electron chi connectivity index (χ4n) is 6.28. The van der Waals surface area contributed by atoms with Crippen LogP contribution in [0.25, 0.3) is 82.5 Å². The predicted molar refractivity (Wildman–Crippen MR) is 159 cm³/mol. The average Bonchev–Trinajstić information content (AvgIpc) is 3.66. The molecule has 182 valence electrons. The summed E-state index contributed by atoms with van der Waals surface area (Å²) in [7, 11) is 0. The lowest BCUT2D eigenvalue weighted by Crippen LogP contribution is -1.93. The molecule has 0 spiro atoms. The van der Waals surface area contributed by atoms with Crippen molar-refractivity contribution in [3.63, 3.8) is 0 Å². The lowest BCUT2D eigenvalue weighted by molar-refractivity contribution is 0.667. The Labute approximate surface area is 222 Å². The highest BCUT2D eigenvalue weighted by molar-refractivity contribution is 6.21. The Hall–Kier alpha value is -5.35. The van der Waals surface area contributed by atoms with Gasteiger partial charge >= 0.3 is 0 Å². The molecule has 9 rings (SSSR count). The van der Waals surface area contributed by atoms with Crippen LogP contribution in [0.1, 0.15) is 0 Å². The summed E-state index contributed by atoms with van der Waals surface area (Å²) in [6, 6.07) is 38.4. The second kappa shape index (κ2) is 7.59. The highest BCUT2D eigenvalue weighted by Gasteiger charge is 2.19. The van der Waals surface area contributed by atoms with E-state index in [0.29, 0.717) is 0 Å². The first-order valence-corrected chi connectivity index (χ1v) is 13.0. The molecule has 0 amide bonds. The second-order valence-corrected chi connectivity index (χ2v) is 9.98. The SMILES string of the molecule is c1ccc2c(c1)oc1cccc(-c3cccc4c3c3ccccc3n4-c3ccc4oc5cnccc5c4c3)c12. The van der Waals surface area contributed by atoms with E-state index < -0.39 is 0 Å². The highest BCUT2D eigenvalue weighted by atomic mass is 16.3. The average molecular weight is 501 g/mol. The minimum absolute atomic E-state index is 0.801. The third kappa shape index (κ3) is 2.80. The molecule has 0 radical (unpaired) electrons. The van der Waals surface area contributed by atoms with Crippen molar-refractivity contribution >= 4 is 65.7 Å². The molecule has 4 heteroatoms. The molecular weight excluding hydrogens is 480 g/mol. The van der Waals surface area contributed by atoms with E-state index >= 15 is 0 Å². The Kier molecular flexibility index (Phi) is 4.02. The van der Waals surface area contributed by atoms with Gasteiger partial charge in [0.1, 0.15) is 16.7 Å². The third-order valence-electron chi connectivity index (χ3n) is 7.91. The van der Waals surface area contributed by atoms with Gasteiger partial charge in [-0.15, -0.1) is 0 Å². The predicted octanol–water partition coefficient (Wildman–Crippen LogP) is 9.64. The summed E-state index contributed by atoms with van der Waals surface area (Å²) < 4.78 is 14.7. The molecule has 0 aliphatic rings. The van der Waals surface area contributed by atoms with Gasteiger partial charge in [-0.25, -0.2) is 0 Å². The summed E-state index contributed by atoms with van der Waals surface area (Å²) in [5.74, 6) is 0. The Morgan fingerprint density at radius 3 is 2.15 bits per heavy atom. The van der Waals surface area contributed by atoms with Crippen molar-refractivity contribution in [3.8, 4) is 16.8 Å². The smallest absolute Gasteiger partial charge is 0.153 e. The van der Waals surface area contributed by atoms with Gasteiger partial charge in [-0.1, -0.05) is 60.7 Å². The van der Waals surface area contributed by atoms with Gasteiger partial charge in [0.25, 0.3) is 0 Å². The maximum Gasteiger partial charge on any atom is 0.153 e. The molecule has 4 nitrogen and oxygen atoms in total. The van der Waals surface area contributed by atoms with E-state index in [9.17, 15) is 0 Å². The van der Waals surface area contributed by atoms with Crippen LogP contribution < -0.4 is 0 Å². The molecule has 5 aromatic carbocycles. The van der Waals surface area contributed by atoms with Gasteiger partial charge in [0, 0.05) is 44.2 Å². The zero-order valence-corrected chi connectivity index (χ0v) is 20.8. The summed E-state index contributed by atoms with van der Waals surface area (Å²) in [6.07, 6.45) is 3.60. The largest absolute Gasteiger partial charge is 0.456 e. The topological polar surface area (TPSA) is 44.1 Å². The Balaban J connectivity index is 1.39. The van der Waals surface area contributed by atoms with E-state index in [1.54, 1.807) is 6.20 Å². The van der Waals surface area contributed by atoms with Crippen molar-refractivity contribution in [1.29, 1.82) is 0 Å². The number of fused-ring (bicyclic) bond motifs is 9. The van der Waals surface area contributed by atoms with Crippen LogP contribution in [-0.2, 0) is 0 Å². The second-order valence-electron chi connectivity index (χ2n) is 9.98. The first-order chi connectivity index (χ1) is 19.3. The summed E-state index contributed by atoms with van der Waals surface area (Å²) in [5, 5.41) is 6.89. The van der Waals surface area contributed by atoms with Crippen LogP contribution in [0.15, 0.2) is 130 Å². The molecule has 0 bridgehead atoms. The molecule has 0 fully saturated rings. The number of rotatable bonds is 2. The van der Waals surface area contributed by atoms with Crippen LogP contribution in [0.5, 0.6) is 0 Å². The van der Waals surface area contributed by atoms with Crippen molar-refractivity contribution in [2.24, 2.45) is 0 Å². The summed E-state index contributed by atoms with van der Waals surface area (Å²) >= 11 is 0. The van der Waals surface area contributed by atoms with Crippen LogP contribution in [0, 0.1) is 0 Å². The molecular formula is C35H20N2O2. The number of benzene rings is 5. The quantitative estimate of drug-likeness (QED) is 0.237. The summed E-state index contributed by atoms with van der Waals surface area (Å²) in [6.45, 7) is 0. The van der Waals surface area contributed by atoms with Gasteiger partial charge < -0.3 is 13.4 Å². The molecule has 0 saturated carbocycles. The third-order valence-corrected chi connectivity index (χ3v) is 7.91. The standard InChI is InChI=1S/C35H20N2O2/c1-3-11-28-25(7-1)34-23(24-10-6-14-32-35(24)26-8-2-4-13-30(26)38-32)9-5-12-29(34)37(28)21-15-16-31-27(19-21)22-17-18-36-20-33(22)39-31/h1-20H. The van der Waals surface area contributed by atoms with Crippen molar-refractivity contribution in [3.05, 3.63) is 122 Å². The summed E-state index contributed by atoms with van der Waals surface area (Å²) in [5.41, 5.74) is 9.26. The minimum Gasteiger partial charge on any atom is -0.456 e. The van der Waals surface area contributed by atoms with E-state index in [2.05, 4.69) is 101 Å². The number of para-hydroxylation sites is 2. The van der Waals surface area contributed by atoms with Gasteiger partial charge in [0.2, 0.25) is 0 Å². The lowest BCUT2D eigenvalue weighted by atomic mass is 9.95. The van der Waals surface area contributed by atoms with E-state index in [1.807, 2.05) is 24.4 Å². The van der Waals surface area contributed by atoms with Crippen molar-refractivity contribution < 1.29 is 8.83 Å². The normalized spacial score (nSPS) is 12.1. The maximum atomic E-state index is 6.24. The number of aromatic nitrogens is 2. The number of furan rings is 2. The van der Waals surface area contributed by atoms with Gasteiger partial charge in [-0.2, -0.15) is 0 Å². The molecule has 4 heterocycles. The fraction of sp³-hybridized carbons (Fsp3) is 0. The monoisotopic (exact) mass is 500 g/mol. The highest BCUT2D eigenvalue weighted by Crippen LogP contribution is 2.43. The van der Waals surface area contributed by atoms with Crippen LogP contribution in [0.3, 0.4) is 0 Å². The van der Waals surface area contributed by atoms with Crippen LogP contribution in [0.2, 0.25) is 0 Å². The van der Waals surface area contributed by atoms with Crippen LogP contribution in [-0.4, -0.2) is 9.55 Å². The molecule has 0 N–H and O–H groups in total. The molecule has 4 aromatic heterocycles. The van der Waals surface area contributed by atoms with Gasteiger partial charge in [0.15, 0.2) is 5.58 Å². The van der Waals surface area contributed by atoms with Crippen LogP contribution in [0.4, 0.5) is 0 Å². The molecule has 0 aliphatic heterocycles. The lowest BCUT2D eigenvalue weighted by Gasteiger charge is -2.10. The molecule has 0 atom stereocenters. The van der Waals surface area contributed by atoms with Crippen molar-refractivity contribution in [1.82, 2.24) is 9.55 Å². The van der Waals surface area contributed by atoms with Gasteiger partial charge in [-0.3, -0.25) is 4.98 Å². The zero-order chi connectivity index (χ0) is 25.5. The van der Waals surface area contributed by atoms with Gasteiger partial charge in [-0.05, 0) is 59.7 Å². The molecule has 0 unspecified atom stereocenters. The van der Waals surface area contributed by atoms with Crippen LogP contribution >= 0.6 is 0 Å². The number of hydrogen-bond acceptors (Lipinski definition) is 3. The number of hydrogen-bond donors (Lipinski definition) is 0. The first-order valence-electron chi connectivity index (χ1n) is 13.0. The van der Waals surface area contributed by atoms with E-state index in [1.165, 1.54) is 21.9 Å². The Morgan fingerprint density at radius 2 is 1.21 bits per heavy atom.